The fourth-order valence-electron chi connectivity index (χ4n) is 2.37. The normalized spacial score (nSPS) is 20.5. The molecule has 1 saturated heterocycles. The molecular weight excluding hydrogens is 292 g/mol. The zero-order valence-corrected chi connectivity index (χ0v) is 12.9. The molecule has 1 aliphatic rings. The lowest BCUT2D eigenvalue weighted by Crippen LogP contribution is -2.41. The van der Waals surface area contributed by atoms with E-state index in [-0.39, 0.29) is 0 Å². The molecule has 1 aromatic carbocycles. The maximum absolute atomic E-state index is 5.61. The predicted octanol–water partition coefficient (Wildman–Crippen LogP) is 2.74. The van der Waals surface area contributed by atoms with Gasteiger partial charge >= 0.3 is 0 Å². The molecular formula is C14H21BrN2O. The molecule has 0 aromatic heterocycles. The van der Waals surface area contributed by atoms with Crippen LogP contribution in [-0.2, 0) is 11.3 Å². The number of morpholine rings is 1. The lowest BCUT2D eigenvalue weighted by Gasteiger charge is -2.34. The summed E-state index contributed by atoms with van der Waals surface area (Å²) < 4.78 is 6.76. The third-order valence-electron chi connectivity index (χ3n) is 3.11. The second-order valence-electron chi connectivity index (χ2n) is 5.14. The van der Waals surface area contributed by atoms with Gasteiger partial charge in [-0.05, 0) is 44.8 Å². The number of hydrogen-bond acceptors (Lipinski definition) is 3. The second-order valence-corrected chi connectivity index (χ2v) is 6.05. The molecule has 18 heavy (non-hydrogen) atoms. The van der Waals surface area contributed by atoms with E-state index in [2.05, 4.69) is 64.9 Å². The zero-order valence-electron chi connectivity index (χ0n) is 11.3. The summed E-state index contributed by atoms with van der Waals surface area (Å²) in [6.07, 6.45) is 0.314. The van der Waals surface area contributed by atoms with Crippen LogP contribution in [0.1, 0.15) is 12.5 Å². The summed E-state index contributed by atoms with van der Waals surface area (Å²) >= 11 is 3.56. The van der Waals surface area contributed by atoms with Gasteiger partial charge in [0.2, 0.25) is 0 Å². The van der Waals surface area contributed by atoms with Gasteiger partial charge in [0.25, 0.3) is 0 Å². The summed E-state index contributed by atoms with van der Waals surface area (Å²) in [5, 5.41) is 0. The Hall–Kier alpha value is -0.580. The van der Waals surface area contributed by atoms with Crippen LogP contribution in [0.15, 0.2) is 22.7 Å². The van der Waals surface area contributed by atoms with E-state index in [4.69, 9.17) is 4.74 Å². The van der Waals surface area contributed by atoms with Gasteiger partial charge in [0.1, 0.15) is 0 Å². The van der Waals surface area contributed by atoms with Crippen molar-refractivity contribution in [2.45, 2.75) is 19.6 Å². The molecule has 1 fully saturated rings. The largest absolute Gasteiger partial charge is 0.375 e. The van der Waals surface area contributed by atoms with Crippen LogP contribution in [0.25, 0.3) is 0 Å². The van der Waals surface area contributed by atoms with Crippen LogP contribution in [0.5, 0.6) is 0 Å². The fraction of sp³-hybridized carbons (Fsp3) is 0.571. The van der Waals surface area contributed by atoms with Gasteiger partial charge in [0, 0.05) is 29.8 Å². The Morgan fingerprint density at radius 3 is 2.89 bits per heavy atom. The first-order valence-electron chi connectivity index (χ1n) is 6.36. The van der Waals surface area contributed by atoms with E-state index >= 15 is 0 Å². The van der Waals surface area contributed by atoms with Crippen molar-refractivity contribution in [1.29, 1.82) is 0 Å². The number of halogens is 1. The molecule has 1 aliphatic heterocycles. The quantitative estimate of drug-likeness (QED) is 0.853. The van der Waals surface area contributed by atoms with Crippen LogP contribution >= 0.6 is 15.9 Å². The van der Waals surface area contributed by atoms with Gasteiger partial charge in [0.15, 0.2) is 0 Å². The van der Waals surface area contributed by atoms with Crippen LogP contribution in [0.3, 0.4) is 0 Å². The van der Waals surface area contributed by atoms with E-state index in [1.807, 2.05) is 0 Å². The van der Waals surface area contributed by atoms with Gasteiger partial charge in [-0.2, -0.15) is 0 Å². The number of rotatable bonds is 3. The highest BCUT2D eigenvalue weighted by Crippen LogP contribution is 2.27. The van der Waals surface area contributed by atoms with Crippen molar-refractivity contribution in [2.75, 3.05) is 38.7 Å². The Morgan fingerprint density at radius 2 is 2.22 bits per heavy atom. The Labute approximate surface area is 118 Å². The number of anilines is 1. The number of ether oxygens (including phenoxy) is 1. The molecule has 0 radical (unpaired) electrons. The minimum absolute atomic E-state index is 0.314. The summed E-state index contributed by atoms with van der Waals surface area (Å²) in [6, 6.07) is 6.55. The van der Waals surface area contributed by atoms with Gasteiger partial charge in [0.05, 0.1) is 12.7 Å². The van der Waals surface area contributed by atoms with E-state index in [1.165, 1.54) is 11.3 Å². The zero-order chi connectivity index (χ0) is 13.1. The molecule has 0 aliphatic carbocycles. The average molecular weight is 313 g/mol. The van der Waals surface area contributed by atoms with Gasteiger partial charge in [-0.15, -0.1) is 0 Å². The summed E-state index contributed by atoms with van der Waals surface area (Å²) in [4.78, 5) is 4.63. The molecule has 1 heterocycles. The SMILES string of the molecule is C[C@@H]1CN(c2ccc(Br)cc2CN(C)C)CCO1. The molecule has 1 atom stereocenters. The Bertz CT molecular complexity index is 409. The molecule has 0 saturated carbocycles. The van der Waals surface area contributed by atoms with Crippen LogP contribution in [0.2, 0.25) is 0 Å². The third kappa shape index (κ3) is 3.46. The third-order valence-corrected chi connectivity index (χ3v) is 3.60. The molecule has 0 spiro atoms. The Balaban J connectivity index is 2.25. The highest BCUT2D eigenvalue weighted by Gasteiger charge is 2.19. The van der Waals surface area contributed by atoms with Gasteiger partial charge in [-0.25, -0.2) is 0 Å². The molecule has 0 N–H and O–H groups in total. The monoisotopic (exact) mass is 312 g/mol. The van der Waals surface area contributed by atoms with Crippen molar-refractivity contribution in [3.05, 3.63) is 28.2 Å². The van der Waals surface area contributed by atoms with E-state index in [9.17, 15) is 0 Å². The minimum atomic E-state index is 0.314. The standard InChI is InChI=1S/C14H21BrN2O/c1-11-9-17(6-7-18-11)14-5-4-13(15)8-12(14)10-16(2)3/h4-5,8,11H,6-7,9-10H2,1-3H3/t11-/m1/s1. The molecule has 100 valence electrons. The van der Waals surface area contributed by atoms with Crippen molar-refractivity contribution in [1.82, 2.24) is 4.90 Å². The first-order valence-corrected chi connectivity index (χ1v) is 7.15. The maximum Gasteiger partial charge on any atom is 0.0722 e. The highest BCUT2D eigenvalue weighted by atomic mass is 79.9. The Morgan fingerprint density at radius 1 is 1.44 bits per heavy atom. The van der Waals surface area contributed by atoms with Crippen LogP contribution in [0.4, 0.5) is 5.69 Å². The number of nitrogens with zero attached hydrogens (tertiary/aromatic N) is 2. The van der Waals surface area contributed by atoms with Crippen LogP contribution in [-0.4, -0.2) is 44.8 Å². The lowest BCUT2D eigenvalue weighted by atomic mass is 10.1. The van der Waals surface area contributed by atoms with Crippen LogP contribution in [0, 0.1) is 0 Å². The maximum atomic E-state index is 5.61. The average Bonchev–Trinajstić information content (AvgIpc) is 2.28. The molecule has 1 aromatic rings. The van der Waals surface area contributed by atoms with E-state index < -0.39 is 0 Å². The molecule has 0 bridgehead atoms. The summed E-state index contributed by atoms with van der Waals surface area (Å²) in [5.41, 5.74) is 2.70. The van der Waals surface area contributed by atoms with E-state index in [0.29, 0.717) is 6.10 Å². The molecule has 2 rings (SSSR count). The molecule has 4 heteroatoms. The topological polar surface area (TPSA) is 15.7 Å². The molecule has 3 nitrogen and oxygen atoms in total. The number of benzene rings is 1. The summed E-state index contributed by atoms with van der Waals surface area (Å²) in [5.74, 6) is 0. The fourth-order valence-corrected chi connectivity index (χ4v) is 2.78. The van der Waals surface area contributed by atoms with E-state index in [0.717, 1.165) is 30.7 Å². The molecule has 0 unspecified atom stereocenters. The first-order chi connectivity index (χ1) is 8.56. The predicted molar refractivity (Wildman–Crippen MR) is 79.2 cm³/mol. The Kier molecular flexibility index (Phi) is 4.65. The summed E-state index contributed by atoms with van der Waals surface area (Å²) in [6.45, 7) is 5.87. The van der Waals surface area contributed by atoms with Gasteiger partial charge in [-0.1, -0.05) is 15.9 Å². The van der Waals surface area contributed by atoms with Crippen molar-refractivity contribution < 1.29 is 4.74 Å². The second kappa shape index (κ2) is 6.04. The van der Waals surface area contributed by atoms with Gasteiger partial charge in [-0.3, -0.25) is 0 Å². The van der Waals surface area contributed by atoms with Crippen molar-refractivity contribution >= 4 is 21.6 Å². The lowest BCUT2D eigenvalue weighted by molar-refractivity contribution is 0.0531. The minimum Gasteiger partial charge on any atom is -0.375 e. The van der Waals surface area contributed by atoms with Crippen molar-refractivity contribution in [3.63, 3.8) is 0 Å². The van der Waals surface area contributed by atoms with Crippen LogP contribution < -0.4 is 4.90 Å². The highest BCUT2D eigenvalue weighted by molar-refractivity contribution is 9.10. The van der Waals surface area contributed by atoms with Crippen molar-refractivity contribution in [3.8, 4) is 0 Å². The first kappa shape index (κ1) is 13.8. The van der Waals surface area contributed by atoms with Gasteiger partial charge < -0.3 is 14.5 Å². The summed E-state index contributed by atoms with van der Waals surface area (Å²) in [7, 11) is 4.21. The van der Waals surface area contributed by atoms with Crippen molar-refractivity contribution in [2.24, 2.45) is 0 Å². The molecule has 0 amide bonds. The smallest absolute Gasteiger partial charge is 0.0722 e. The van der Waals surface area contributed by atoms with E-state index in [1.54, 1.807) is 0 Å². The number of hydrogen-bond donors (Lipinski definition) is 0.